The van der Waals surface area contributed by atoms with Crippen LogP contribution in [0.2, 0.25) is 0 Å². The van der Waals surface area contributed by atoms with Crippen molar-refractivity contribution in [2.24, 2.45) is 0 Å². The Labute approximate surface area is 214 Å². The minimum Gasteiger partial charge on any atom is -0.495 e. The zero-order chi connectivity index (χ0) is 25.9. The molecule has 186 valence electrons. The molecule has 36 heavy (non-hydrogen) atoms. The SMILES string of the molecule is COc1ccc(C)cc1N(CC(=O)Nc1nnc(-c2ccc(C)cc2)s1)S(=O)(=O)c1ccc(C)cc1. The molecule has 1 heterocycles. The summed E-state index contributed by atoms with van der Waals surface area (Å²) in [6.45, 7) is 5.23. The standard InChI is InChI=1S/C26H26N4O4S2/c1-17-5-10-20(11-6-17)25-28-29-26(35-25)27-24(31)16-30(22-15-19(3)9-14-23(22)34-4)36(32,33)21-12-7-18(2)8-13-21/h5-15H,16H2,1-4H3,(H,27,29,31). The summed E-state index contributed by atoms with van der Waals surface area (Å²) in [5.74, 6) is -0.220. The molecule has 0 saturated heterocycles. The van der Waals surface area contributed by atoms with Crippen LogP contribution in [0.15, 0.2) is 71.6 Å². The first kappa shape index (κ1) is 25.3. The largest absolute Gasteiger partial charge is 0.495 e. The average molecular weight is 523 g/mol. The number of carbonyl (C=O) groups is 1. The quantitative estimate of drug-likeness (QED) is 0.351. The summed E-state index contributed by atoms with van der Waals surface area (Å²) in [7, 11) is -2.63. The molecular weight excluding hydrogens is 496 g/mol. The van der Waals surface area contributed by atoms with Crippen LogP contribution in [0.25, 0.3) is 10.6 Å². The smallest absolute Gasteiger partial charge is 0.264 e. The first-order valence-electron chi connectivity index (χ1n) is 11.1. The first-order chi connectivity index (χ1) is 17.2. The number of nitrogens with one attached hydrogen (secondary N) is 1. The number of aromatic nitrogens is 2. The van der Waals surface area contributed by atoms with Crippen molar-refractivity contribution in [3.05, 3.63) is 83.4 Å². The zero-order valence-corrected chi connectivity index (χ0v) is 22.0. The van der Waals surface area contributed by atoms with Crippen LogP contribution in [0.3, 0.4) is 0 Å². The number of amides is 1. The summed E-state index contributed by atoms with van der Waals surface area (Å²) in [4.78, 5) is 13.2. The van der Waals surface area contributed by atoms with Gasteiger partial charge in [-0.2, -0.15) is 0 Å². The monoisotopic (exact) mass is 522 g/mol. The third-order valence-electron chi connectivity index (χ3n) is 5.47. The predicted octanol–water partition coefficient (Wildman–Crippen LogP) is 4.97. The highest BCUT2D eigenvalue weighted by Crippen LogP contribution is 2.34. The molecule has 0 spiro atoms. The van der Waals surface area contributed by atoms with Crippen LogP contribution in [-0.2, 0) is 14.8 Å². The minimum atomic E-state index is -4.09. The highest BCUT2D eigenvalue weighted by molar-refractivity contribution is 7.92. The Bertz CT molecular complexity index is 1480. The molecule has 0 saturated carbocycles. The molecule has 8 nitrogen and oxygen atoms in total. The van der Waals surface area contributed by atoms with Crippen molar-refractivity contribution in [2.75, 3.05) is 23.3 Å². The van der Waals surface area contributed by atoms with Gasteiger partial charge in [-0.3, -0.25) is 14.4 Å². The maximum atomic E-state index is 13.7. The van der Waals surface area contributed by atoms with Crippen molar-refractivity contribution in [1.29, 1.82) is 0 Å². The van der Waals surface area contributed by atoms with E-state index in [0.29, 0.717) is 10.8 Å². The number of benzene rings is 3. The zero-order valence-electron chi connectivity index (χ0n) is 20.3. The van der Waals surface area contributed by atoms with Gasteiger partial charge in [0.2, 0.25) is 11.0 Å². The number of hydrogen-bond donors (Lipinski definition) is 1. The first-order valence-corrected chi connectivity index (χ1v) is 13.4. The second kappa shape index (κ2) is 10.5. The molecule has 0 aliphatic rings. The van der Waals surface area contributed by atoms with Crippen LogP contribution in [-0.4, -0.2) is 38.2 Å². The van der Waals surface area contributed by atoms with Crippen LogP contribution in [0.1, 0.15) is 16.7 Å². The van der Waals surface area contributed by atoms with Crippen LogP contribution in [0.4, 0.5) is 10.8 Å². The summed E-state index contributed by atoms with van der Waals surface area (Å²) >= 11 is 1.21. The fourth-order valence-corrected chi connectivity index (χ4v) is 5.70. The number of anilines is 2. The second-order valence-electron chi connectivity index (χ2n) is 8.33. The van der Waals surface area contributed by atoms with Gasteiger partial charge in [0.15, 0.2) is 0 Å². The molecule has 0 radical (unpaired) electrons. The Kier molecular flexibility index (Phi) is 7.37. The lowest BCUT2D eigenvalue weighted by molar-refractivity contribution is -0.114. The van der Waals surface area contributed by atoms with Gasteiger partial charge in [-0.15, -0.1) is 10.2 Å². The number of sulfonamides is 1. The fourth-order valence-electron chi connectivity index (χ4n) is 3.51. The Morgan fingerprint density at radius 2 is 1.53 bits per heavy atom. The molecule has 0 unspecified atom stereocenters. The number of hydrogen-bond acceptors (Lipinski definition) is 7. The molecule has 4 aromatic rings. The number of nitrogens with zero attached hydrogens (tertiary/aromatic N) is 3. The van der Waals surface area contributed by atoms with Crippen molar-refractivity contribution in [1.82, 2.24) is 10.2 Å². The van der Waals surface area contributed by atoms with Gasteiger partial charge in [-0.25, -0.2) is 8.42 Å². The lowest BCUT2D eigenvalue weighted by Crippen LogP contribution is -2.38. The van der Waals surface area contributed by atoms with E-state index in [9.17, 15) is 13.2 Å². The van der Waals surface area contributed by atoms with Crippen molar-refractivity contribution in [3.63, 3.8) is 0 Å². The van der Waals surface area contributed by atoms with Gasteiger partial charge < -0.3 is 4.74 Å². The van der Waals surface area contributed by atoms with Gasteiger partial charge in [0.05, 0.1) is 17.7 Å². The van der Waals surface area contributed by atoms with Crippen molar-refractivity contribution in [3.8, 4) is 16.3 Å². The number of aryl methyl sites for hydroxylation is 3. The van der Waals surface area contributed by atoms with E-state index in [4.69, 9.17) is 4.74 Å². The third-order valence-corrected chi connectivity index (χ3v) is 8.13. The van der Waals surface area contributed by atoms with Gasteiger partial charge in [-0.1, -0.05) is 64.9 Å². The van der Waals surface area contributed by atoms with Crippen molar-refractivity contribution in [2.45, 2.75) is 25.7 Å². The molecule has 0 aliphatic heterocycles. The molecule has 1 N–H and O–H groups in total. The second-order valence-corrected chi connectivity index (χ2v) is 11.2. The summed E-state index contributed by atoms with van der Waals surface area (Å²) in [5.41, 5.74) is 4.02. The highest BCUT2D eigenvalue weighted by Gasteiger charge is 2.30. The van der Waals surface area contributed by atoms with E-state index in [-0.39, 0.29) is 15.7 Å². The number of ether oxygens (including phenoxy) is 1. The number of carbonyl (C=O) groups excluding carboxylic acids is 1. The molecular formula is C26H26N4O4S2. The van der Waals surface area contributed by atoms with E-state index >= 15 is 0 Å². The van der Waals surface area contributed by atoms with E-state index in [1.165, 1.54) is 30.6 Å². The molecule has 10 heteroatoms. The molecule has 1 aromatic heterocycles. The van der Waals surface area contributed by atoms with Crippen LogP contribution in [0.5, 0.6) is 5.75 Å². The maximum Gasteiger partial charge on any atom is 0.264 e. The van der Waals surface area contributed by atoms with Gasteiger partial charge >= 0.3 is 0 Å². The van der Waals surface area contributed by atoms with Crippen LogP contribution < -0.4 is 14.4 Å². The van der Waals surface area contributed by atoms with E-state index in [1.807, 2.05) is 51.1 Å². The Morgan fingerprint density at radius 3 is 2.17 bits per heavy atom. The van der Waals surface area contributed by atoms with Crippen LogP contribution >= 0.6 is 11.3 Å². The van der Waals surface area contributed by atoms with Crippen molar-refractivity contribution < 1.29 is 17.9 Å². The molecule has 0 fully saturated rings. The molecule has 1 amide bonds. The fraction of sp³-hybridized carbons (Fsp3) is 0.192. The average Bonchev–Trinajstić information content (AvgIpc) is 3.31. The molecule has 4 rings (SSSR count). The maximum absolute atomic E-state index is 13.7. The van der Waals surface area contributed by atoms with E-state index < -0.39 is 22.5 Å². The molecule has 0 bridgehead atoms. The summed E-state index contributed by atoms with van der Waals surface area (Å²) in [5, 5.41) is 11.8. The summed E-state index contributed by atoms with van der Waals surface area (Å²) in [6.07, 6.45) is 0. The van der Waals surface area contributed by atoms with E-state index in [0.717, 1.165) is 26.6 Å². The molecule has 0 atom stereocenters. The van der Waals surface area contributed by atoms with Crippen molar-refractivity contribution >= 4 is 38.1 Å². The Hall–Kier alpha value is -3.76. The third kappa shape index (κ3) is 5.55. The van der Waals surface area contributed by atoms with Gasteiger partial charge in [0, 0.05) is 5.56 Å². The van der Waals surface area contributed by atoms with Gasteiger partial charge in [0.25, 0.3) is 10.0 Å². The lowest BCUT2D eigenvalue weighted by atomic mass is 10.2. The highest BCUT2D eigenvalue weighted by atomic mass is 32.2. The minimum absolute atomic E-state index is 0.0713. The lowest BCUT2D eigenvalue weighted by Gasteiger charge is -2.26. The van der Waals surface area contributed by atoms with Gasteiger partial charge in [-0.05, 0) is 50.6 Å². The normalized spacial score (nSPS) is 11.2. The number of rotatable bonds is 8. The predicted molar refractivity (Wildman–Crippen MR) is 142 cm³/mol. The van der Waals surface area contributed by atoms with Crippen LogP contribution in [0, 0.1) is 20.8 Å². The van der Waals surface area contributed by atoms with E-state index in [2.05, 4.69) is 15.5 Å². The van der Waals surface area contributed by atoms with Gasteiger partial charge in [0.1, 0.15) is 17.3 Å². The molecule has 3 aromatic carbocycles. The van der Waals surface area contributed by atoms with E-state index in [1.54, 1.807) is 24.3 Å². The Balaban J connectivity index is 1.64. The summed E-state index contributed by atoms with van der Waals surface area (Å²) < 4.78 is 33.9. The topological polar surface area (TPSA) is 101 Å². The summed E-state index contributed by atoms with van der Waals surface area (Å²) in [6, 6.07) is 19.5. The molecule has 0 aliphatic carbocycles. The Morgan fingerprint density at radius 1 is 0.917 bits per heavy atom. The number of methoxy groups -OCH3 is 1.